The standard InChI is InChI=1S/C23H27N3O2/c1-23(2,3)28-22(27)26-13-5-4-6-20(26)18-9-7-17(8-10-18)19-11-14-25-15-12-24-21(25)16-19/h7-12,14-16,20H,4-6,13H2,1-3H3. The van der Waals surface area contributed by atoms with Crippen LogP contribution in [0.2, 0.25) is 0 Å². The largest absolute Gasteiger partial charge is 0.444 e. The fourth-order valence-corrected chi connectivity index (χ4v) is 3.80. The predicted molar refractivity (Wildman–Crippen MR) is 110 cm³/mol. The molecule has 3 aromatic rings. The van der Waals surface area contributed by atoms with Crippen molar-refractivity contribution < 1.29 is 9.53 Å². The number of hydrogen-bond donors (Lipinski definition) is 0. The lowest BCUT2D eigenvalue weighted by atomic mass is 9.94. The van der Waals surface area contributed by atoms with Crippen molar-refractivity contribution in [3.05, 3.63) is 60.6 Å². The SMILES string of the molecule is CC(C)(C)OC(=O)N1CCCCC1c1ccc(-c2ccn3ccnc3c2)cc1. The highest BCUT2D eigenvalue weighted by molar-refractivity contribution is 5.70. The Hall–Kier alpha value is -2.82. The van der Waals surface area contributed by atoms with Gasteiger partial charge >= 0.3 is 6.09 Å². The first kappa shape index (κ1) is 18.5. The smallest absolute Gasteiger partial charge is 0.410 e. The van der Waals surface area contributed by atoms with Crippen LogP contribution in [-0.4, -0.2) is 32.5 Å². The number of hydrogen-bond acceptors (Lipinski definition) is 3. The highest BCUT2D eigenvalue weighted by atomic mass is 16.6. The Labute approximate surface area is 166 Å². The van der Waals surface area contributed by atoms with Gasteiger partial charge in [-0.3, -0.25) is 0 Å². The lowest BCUT2D eigenvalue weighted by Crippen LogP contribution is -2.41. The van der Waals surface area contributed by atoms with Crippen molar-refractivity contribution >= 4 is 11.7 Å². The molecule has 1 aromatic carbocycles. The van der Waals surface area contributed by atoms with Gasteiger partial charge in [-0.2, -0.15) is 0 Å². The minimum absolute atomic E-state index is 0.0763. The second-order valence-corrected chi connectivity index (χ2v) is 8.42. The Morgan fingerprint density at radius 3 is 2.61 bits per heavy atom. The van der Waals surface area contributed by atoms with Crippen LogP contribution in [0.3, 0.4) is 0 Å². The predicted octanol–water partition coefficient (Wildman–Crippen LogP) is 5.46. The Kier molecular flexibility index (Phi) is 4.84. The van der Waals surface area contributed by atoms with Gasteiger partial charge in [-0.05, 0) is 68.9 Å². The Morgan fingerprint density at radius 1 is 1.07 bits per heavy atom. The normalized spacial score (nSPS) is 17.7. The number of fused-ring (bicyclic) bond motifs is 1. The number of rotatable bonds is 2. The number of nitrogens with zero attached hydrogens (tertiary/aromatic N) is 3. The molecule has 1 saturated heterocycles. The van der Waals surface area contributed by atoms with Crippen LogP contribution in [0.15, 0.2) is 55.0 Å². The van der Waals surface area contributed by atoms with Crippen LogP contribution in [0, 0.1) is 0 Å². The van der Waals surface area contributed by atoms with E-state index in [1.807, 2.05) is 42.5 Å². The van der Waals surface area contributed by atoms with Crippen molar-refractivity contribution in [1.82, 2.24) is 14.3 Å². The van der Waals surface area contributed by atoms with Gasteiger partial charge in [0.15, 0.2) is 0 Å². The van der Waals surface area contributed by atoms with Gasteiger partial charge in [-0.15, -0.1) is 0 Å². The first-order valence-corrected chi connectivity index (χ1v) is 9.93. The molecule has 4 rings (SSSR count). The minimum Gasteiger partial charge on any atom is -0.444 e. The summed E-state index contributed by atoms with van der Waals surface area (Å²) in [6, 6.07) is 12.8. The molecule has 0 saturated carbocycles. The Balaban J connectivity index is 1.56. The molecule has 1 aliphatic heterocycles. The molecule has 5 nitrogen and oxygen atoms in total. The van der Waals surface area contributed by atoms with Crippen molar-refractivity contribution in [1.29, 1.82) is 0 Å². The Bertz CT molecular complexity index is 969. The summed E-state index contributed by atoms with van der Waals surface area (Å²) < 4.78 is 7.63. The molecule has 1 aliphatic rings. The summed E-state index contributed by atoms with van der Waals surface area (Å²) in [6.07, 6.45) is 8.68. The molecule has 0 radical (unpaired) electrons. The van der Waals surface area contributed by atoms with E-state index in [9.17, 15) is 4.79 Å². The maximum atomic E-state index is 12.7. The number of carbonyl (C=O) groups excluding carboxylic acids is 1. The van der Waals surface area contributed by atoms with E-state index in [1.165, 1.54) is 0 Å². The van der Waals surface area contributed by atoms with Crippen LogP contribution in [0.4, 0.5) is 4.79 Å². The third-order valence-corrected chi connectivity index (χ3v) is 5.16. The number of piperidine rings is 1. The second-order valence-electron chi connectivity index (χ2n) is 8.42. The van der Waals surface area contributed by atoms with Crippen molar-refractivity contribution in [2.45, 2.75) is 51.7 Å². The van der Waals surface area contributed by atoms with Gasteiger partial charge in [0.1, 0.15) is 11.2 Å². The zero-order valence-corrected chi connectivity index (χ0v) is 16.8. The van der Waals surface area contributed by atoms with E-state index in [-0.39, 0.29) is 12.1 Å². The molecule has 5 heteroatoms. The minimum atomic E-state index is -0.478. The number of imidazole rings is 1. The van der Waals surface area contributed by atoms with Crippen LogP contribution >= 0.6 is 0 Å². The average Bonchev–Trinajstić information content (AvgIpc) is 3.14. The van der Waals surface area contributed by atoms with Crippen LogP contribution in [0.25, 0.3) is 16.8 Å². The molecule has 0 aliphatic carbocycles. The number of pyridine rings is 1. The van der Waals surface area contributed by atoms with E-state index in [0.717, 1.165) is 48.1 Å². The molecule has 0 N–H and O–H groups in total. The van der Waals surface area contributed by atoms with Gasteiger partial charge in [0, 0.05) is 25.1 Å². The zero-order valence-electron chi connectivity index (χ0n) is 16.8. The highest BCUT2D eigenvalue weighted by Crippen LogP contribution is 2.33. The molecule has 28 heavy (non-hydrogen) atoms. The Morgan fingerprint density at radius 2 is 1.86 bits per heavy atom. The van der Waals surface area contributed by atoms with Crippen molar-refractivity contribution in [2.75, 3.05) is 6.54 Å². The number of amides is 1. The zero-order chi connectivity index (χ0) is 19.7. The topological polar surface area (TPSA) is 46.8 Å². The highest BCUT2D eigenvalue weighted by Gasteiger charge is 2.31. The number of carbonyl (C=O) groups is 1. The van der Waals surface area contributed by atoms with Crippen molar-refractivity contribution in [3.8, 4) is 11.1 Å². The van der Waals surface area contributed by atoms with Crippen LogP contribution in [0.1, 0.15) is 51.6 Å². The van der Waals surface area contributed by atoms with E-state index in [2.05, 4.69) is 41.4 Å². The fraction of sp³-hybridized carbons (Fsp3) is 0.391. The quantitative estimate of drug-likeness (QED) is 0.595. The summed E-state index contributed by atoms with van der Waals surface area (Å²) in [4.78, 5) is 18.9. The van der Waals surface area contributed by atoms with Gasteiger partial charge in [0.2, 0.25) is 0 Å². The van der Waals surface area contributed by atoms with Crippen LogP contribution in [0.5, 0.6) is 0 Å². The van der Waals surface area contributed by atoms with Gasteiger partial charge in [-0.1, -0.05) is 24.3 Å². The maximum Gasteiger partial charge on any atom is 0.410 e. The average molecular weight is 377 g/mol. The summed E-state index contributed by atoms with van der Waals surface area (Å²) in [5.74, 6) is 0. The number of benzene rings is 1. The number of likely N-dealkylation sites (tertiary alicyclic amines) is 1. The van der Waals surface area contributed by atoms with Gasteiger partial charge in [-0.25, -0.2) is 9.78 Å². The first-order chi connectivity index (χ1) is 13.4. The lowest BCUT2D eigenvalue weighted by Gasteiger charge is -2.37. The van der Waals surface area contributed by atoms with Gasteiger partial charge in [0.05, 0.1) is 6.04 Å². The molecule has 3 heterocycles. The molecule has 0 spiro atoms. The molecule has 0 bridgehead atoms. The molecule has 2 aromatic heterocycles. The summed E-state index contributed by atoms with van der Waals surface area (Å²) >= 11 is 0. The molecular weight excluding hydrogens is 350 g/mol. The second kappa shape index (κ2) is 7.30. The summed E-state index contributed by atoms with van der Waals surface area (Å²) in [7, 11) is 0. The molecule has 1 fully saturated rings. The monoisotopic (exact) mass is 377 g/mol. The molecular formula is C23H27N3O2. The van der Waals surface area contributed by atoms with Crippen molar-refractivity contribution in [3.63, 3.8) is 0 Å². The fourth-order valence-electron chi connectivity index (χ4n) is 3.80. The van der Waals surface area contributed by atoms with E-state index < -0.39 is 5.60 Å². The van der Waals surface area contributed by atoms with E-state index >= 15 is 0 Å². The summed E-state index contributed by atoms with van der Waals surface area (Å²) in [6.45, 7) is 6.48. The molecule has 1 atom stereocenters. The van der Waals surface area contributed by atoms with E-state index in [0.29, 0.717) is 0 Å². The van der Waals surface area contributed by atoms with Crippen LogP contribution < -0.4 is 0 Å². The molecule has 146 valence electrons. The molecule has 1 unspecified atom stereocenters. The van der Waals surface area contributed by atoms with Gasteiger partial charge in [0.25, 0.3) is 0 Å². The number of ether oxygens (including phenoxy) is 1. The van der Waals surface area contributed by atoms with E-state index in [4.69, 9.17) is 4.74 Å². The lowest BCUT2D eigenvalue weighted by molar-refractivity contribution is 0.00952. The maximum absolute atomic E-state index is 12.7. The third-order valence-electron chi connectivity index (χ3n) is 5.16. The van der Waals surface area contributed by atoms with Crippen molar-refractivity contribution in [2.24, 2.45) is 0 Å². The first-order valence-electron chi connectivity index (χ1n) is 9.93. The van der Waals surface area contributed by atoms with Gasteiger partial charge < -0.3 is 14.0 Å². The van der Waals surface area contributed by atoms with Crippen LogP contribution in [-0.2, 0) is 4.74 Å². The summed E-state index contributed by atoms with van der Waals surface area (Å²) in [5.41, 5.74) is 3.90. The van der Waals surface area contributed by atoms with E-state index in [1.54, 1.807) is 6.20 Å². The molecule has 1 amide bonds. The number of aromatic nitrogens is 2. The summed E-state index contributed by atoms with van der Waals surface area (Å²) in [5, 5.41) is 0. The third kappa shape index (κ3) is 3.88.